The van der Waals surface area contributed by atoms with Crippen LogP contribution >= 0.6 is 11.8 Å². The highest BCUT2D eigenvalue weighted by Gasteiger charge is 2.08. The number of hydrogen-bond donors (Lipinski definition) is 1. The van der Waals surface area contributed by atoms with E-state index in [0.29, 0.717) is 10.6 Å². The van der Waals surface area contributed by atoms with Gasteiger partial charge in [0.1, 0.15) is 10.8 Å². The zero-order valence-corrected chi connectivity index (χ0v) is 11.3. The van der Waals surface area contributed by atoms with E-state index in [1.807, 2.05) is 36.4 Å². The first-order valence-corrected chi connectivity index (χ1v) is 6.85. The van der Waals surface area contributed by atoms with Crippen molar-refractivity contribution >= 4 is 22.7 Å². The third-order valence-electron chi connectivity index (χ3n) is 2.89. The molecule has 3 rings (SSSR count). The minimum Gasteiger partial charge on any atom is -0.507 e. The van der Waals surface area contributed by atoms with Crippen molar-refractivity contribution < 1.29 is 5.11 Å². The predicted octanol–water partition coefficient (Wildman–Crippen LogP) is 3.96. The minimum atomic E-state index is 0.214. The Balaban J connectivity index is 2.09. The van der Waals surface area contributed by atoms with Crippen LogP contribution in [0.4, 0.5) is 0 Å². The molecule has 2 aromatic carbocycles. The number of pyridine rings is 1. The molecule has 0 radical (unpaired) electrons. The summed E-state index contributed by atoms with van der Waals surface area (Å²) in [5, 5.41) is 20.6. The van der Waals surface area contributed by atoms with Crippen molar-refractivity contribution in [1.82, 2.24) is 4.98 Å². The lowest BCUT2D eigenvalue weighted by molar-refractivity contribution is 0.462. The number of hydrogen-bond acceptors (Lipinski definition) is 4. The van der Waals surface area contributed by atoms with Crippen LogP contribution in [0.15, 0.2) is 64.5 Å². The Labute approximate surface area is 120 Å². The molecule has 1 N–H and O–H groups in total. The molecule has 0 saturated carbocycles. The van der Waals surface area contributed by atoms with Gasteiger partial charge in [0.2, 0.25) is 0 Å². The molecule has 0 saturated heterocycles. The second-order valence-corrected chi connectivity index (χ2v) is 5.27. The van der Waals surface area contributed by atoms with Gasteiger partial charge in [-0.1, -0.05) is 42.1 Å². The zero-order valence-electron chi connectivity index (χ0n) is 10.4. The number of phenols is 1. The summed E-state index contributed by atoms with van der Waals surface area (Å²) in [7, 11) is 0. The monoisotopic (exact) mass is 278 g/mol. The van der Waals surface area contributed by atoms with Crippen molar-refractivity contribution in [1.29, 1.82) is 5.26 Å². The van der Waals surface area contributed by atoms with Crippen LogP contribution in [-0.2, 0) is 0 Å². The van der Waals surface area contributed by atoms with E-state index in [0.717, 1.165) is 15.8 Å². The Kier molecular flexibility index (Phi) is 3.28. The summed E-state index contributed by atoms with van der Waals surface area (Å²) in [6.45, 7) is 0. The predicted molar refractivity (Wildman–Crippen MR) is 78.7 cm³/mol. The Morgan fingerprint density at radius 1 is 1.05 bits per heavy atom. The van der Waals surface area contributed by atoms with Gasteiger partial charge in [-0.15, -0.1) is 0 Å². The summed E-state index contributed by atoms with van der Waals surface area (Å²) in [5.74, 6) is 0.214. The molecule has 3 nitrogen and oxygen atoms in total. The maximum absolute atomic E-state index is 9.80. The van der Waals surface area contributed by atoms with Crippen molar-refractivity contribution in [3.8, 4) is 11.8 Å². The first-order chi connectivity index (χ1) is 9.78. The van der Waals surface area contributed by atoms with Gasteiger partial charge >= 0.3 is 0 Å². The SMILES string of the molecule is N#Cc1cc(Sc2ccccc2O)nc2ccccc12. The summed E-state index contributed by atoms with van der Waals surface area (Å²) in [5.41, 5.74) is 1.37. The van der Waals surface area contributed by atoms with Crippen molar-refractivity contribution in [3.05, 3.63) is 60.2 Å². The lowest BCUT2D eigenvalue weighted by atomic mass is 10.1. The Bertz CT molecular complexity index is 824. The Hall–Kier alpha value is -2.51. The first-order valence-electron chi connectivity index (χ1n) is 6.03. The third kappa shape index (κ3) is 2.31. The smallest absolute Gasteiger partial charge is 0.129 e. The number of phenolic OH excluding ortho intramolecular Hbond substituents is 1. The lowest BCUT2D eigenvalue weighted by Crippen LogP contribution is -1.87. The molecule has 20 heavy (non-hydrogen) atoms. The largest absolute Gasteiger partial charge is 0.507 e. The molecule has 0 bridgehead atoms. The standard InChI is InChI=1S/C16H10N2OS/c17-10-11-9-16(18-13-6-2-1-5-12(11)13)20-15-8-4-3-7-14(15)19/h1-9,19H. The molecule has 1 heterocycles. The van der Waals surface area contributed by atoms with E-state index in [4.69, 9.17) is 0 Å². The van der Waals surface area contributed by atoms with Gasteiger partial charge in [-0.3, -0.25) is 0 Å². The molecular formula is C16H10N2OS. The molecule has 0 spiro atoms. The van der Waals surface area contributed by atoms with Crippen LogP contribution in [0.2, 0.25) is 0 Å². The highest BCUT2D eigenvalue weighted by atomic mass is 32.2. The van der Waals surface area contributed by atoms with E-state index in [2.05, 4.69) is 11.1 Å². The number of nitrogens with zero attached hydrogens (tertiary/aromatic N) is 2. The van der Waals surface area contributed by atoms with Gasteiger partial charge in [0.15, 0.2) is 0 Å². The number of nitriles is 1. The topological polar surface area (TPSA) is 56.9 Å². The fourth-order valence-electron chi connectivity index (χ4n) is 1.95. The van der Waals surface area contributed by atoms with Crippen molar-refractivity contribution in [2.24, 2.45) is 0 Å². The van der Waals surface area contributed by atoms with Gasteiger partial charge in [-0.2, -0.15) is 5.26 Å². The highest BCUT2D eigenvalue weighted by molar-refractivity contribution is 7.99. The molecule has 0 unspecified atom stereocenters. The molecule has 0 amide bonds. The number of fused-ring (bicyclic) bond motifs is 1. The molecule has 0 aliphatic carbocycles. The van der Waals surface area contributed by atoms with Gasteiger partial charge in [-0.05, 0) is 24.3 Å². The Morgan fingerprint density at radius 2 is 1.80 bits per heavy atom. The van der Waals surface area contributed by atoms with E-state index in [9.17, 15) is 10.4 Å². The maximum Gasteiger partial charge on any atom is 0.129 e. The summed E-state index contributed by atoms with van der Waals surface area (Å²) in [4.78, 5) is 5.24. The minimum absolute atomic E-state index is 0.214. The maximum atomic E-state index is 9.80. The van der Waals surface area contributed by atoms with Gasteiger partial charge in [-0.25, -0.2) is 4.98 Å². The van der Waals surface area contributed by atoms with Crippen LogP contribution in [0.5, 0.6) is 5.75 Å². The van der Waals surface area contributed by atoms with Crippen LogP contribution in [0.25, 0.3) is 10.9 Å². The van der Waals surface area contributed by atoms with Crippen LogP contribution in [0, 0.1) is 11.3 Å². The number of aromatic nitrogens is 1. The zero-order chi connectivity index (χ0) is 13.9. The normalized spacial score (nSPS) is 10.3. The average Bonchev–Trinajstić information content (AvgIpc) is 2.49. The fourth-order valence-corrected chi connectivity index (χ4v) is 2.82. The second kappa shape index (κ2) is 5.24. The third-order valence-corrected chi connectivity index (χ3v) is 3.88. The quantitative estimate of drug-likeness (QED) is 0.770. The molecule has 96 valence electrons. The summed E-state index contributed by atoms with van der Waals surface area (Å²) in [6, 6.07) is 18.6. The Morgan fingerprint density at radius 3 is 2.60 bits per heavy atom. The molecule has 0 atom stereocenters. The molecule has 1 aromatic heterocycles. The molecule has 0 aliphatic heterocycles. The summed E-state index contributed by atoms with van der Waals surface area (Å²) >= 11 is 1.35. The average molecular weight is 278 g/mol. The number of para-hydroxylation sites is 2. The van der Waals surface area contributed by atoms with Gasteiger partial charge in [0.25, 0.3) is 0 Å². The summed E-state index contributed by atoms with van der Waals surface area (Å²) < 4.78 is 0. The van der Waals surface area contributed by atoms with E-state index in [1.165, 1.54) is 11.8 Å². The van der Waals surface area contributed by atoms with E-state index in [1.54, 1.807) is 18.2 Å². The van der Waals surface area contributed by atoms with E-state index < -0.39 is 0 Å². The van der Waals surface area contributed by atoms with Crippen LogP contribution in [0.1, 0.15) is 5.56 Å². The van der Waals surface area contributed by atoms with E-state index >= 15 is 0 Å². The molecule has 0 fully saturated rings. The van der Waals surface area contributed by atoms with Crippen LogP contribution in [-0.4, -0.2) is 10.1 Å². The van der Waals surface area contributed by atoms with Gasteiger partial charge in [0.05, 0.1) is 22.0 Å². The number of rotatable bonds is 2. The molecule has 0 aliphatic rings. The van der Waals surface area contributed by atoms with E-state index in [-0.39, 0.29) is 5.75 Å². The first kappa shape index (κ1) is 12.5. The number of benzene rings is 2. The fraction of sp³-hybridized carbons (Fsp3) is 0. The molecule has 4 heteroatoms. The van der Waals surface area contributed by atoms with Crippen molar-refractivity contribution in [2.75, 3.05) is 0 Å². The van der Waals surface area contributed by atoms with Gasteiger partial charge < -0.3 is 5.11 Å². The van der Waals surface area contributed by atoms with Crippen LogP contribution in [0.3, 0.4) is 0 Å². The van der Waals surface area contributed by atoms with Crippen LogP contribution < -0.4 is 0 Å². The van der Waals surface area contributed by atoms with Crippen molar-refractivity contribution in [3.63, 3.8) is 0 Å². The second-order valence-electron chi connectivity index (χ2n) is 4.21. The molecular weight excluding hydrogens is 268 g/mol. The number of aromatic hydroxyl groups is 1. The lowest BCUT2D eigenvalue weighted by Gasteiger charge is -2.06. The summed E-state index contributed by atoms with van der Waals surface area (Å²) in [6.07, 6.45) is 0. The van der Waals surface area contributed by atoms with Crippen molar-refractivity contribution in [2.45, 2.75) is 9.92 Å². The molecule has 3 aromatic rings. The highest BCUT2D eigenvalue weighted by Crippen LogP contribution is 2.34. The van der Waals surface area contributed by atoms with Gasteiger partial charge in [0, 0.05) is 5.39 Å².